The lowest BCUT2D eigenvalue weighted by Crippen LogP contribution is -2.11. The molecule has 0 spiro atoms. The molecule has 2 aromatic rings. The van der Waals surface area contributed by atoms with E-state index in [0.29, 0.717) is 6.42 Å². The molecule has 86 valence electrons. The Kier molecular flexibility index (Phi) is 3.14. The van der Waals surface area contributed by atoms with Gasteiger partial charge in [-0.25, -0.2) is 9.97 Å². The minimum atomic E-state index is -0.330. The summed E-state index contributed by atoms with van der Waals surface area (Å²) >= 11 is 0. The zero-order chi connectivity index (χ0) is 11.5. The van der Waals surface area contributed by atoms with Gasteiger partial charge in [0.2, 0.25) is 0 Å². The van der Waals surface area contributed by atoms with Crippen molar-refractivity contribution in [3.63, 3.8) is 0 Å². The molecule has 2 heterocycles. The van der Waals surface area contributed by atoms with Gasteiger partial charge in [0.15, 0.2) is 5.65 Å². The number of hydrogen-bond donors (Lipinski definition) is 1. The molecule has 5 heteroatoms. The molecule has 1 unspecified atom stereocenters. The fourth-order valence-electron chi connectivity index (χ4n) is 1.83. The molecule has 0 saturated heterocycles. The molecule has 2 rings (SSSR count). The molecule has 0 aromatic carbocycles. The highest BCUT2D eigenvalue weighted by atomic mass is 16.3. The summed E-state index contributed by atoms with van der Waals surface area (Å²) in [6.07, 6.45) is 5.29. The van der Waals surface area contributed by atoms with Crippen LogP contribution in [0.1, 0.15) is 25.5 Å². The zero-order valence-electron chi connectivity index (χ0n) is 9.59. The Balaban J connectivity index is 2.30. The molecule has 0 aliphatic rings. The average molecular weight is 220 g/mol. The summed E-state index contributed by atoms with van der Waals surface area (Å²) in [5.74, 6) is 0. The number of aliphatic hydroxyl groups excluding tert-OH is 1. The number of hydrogen-bond acceptors (Lipinski definition) is 4. The standard InChI is InChI=1S/C11H16N4O/c1-3-4-8(16)5-10-9-6-14-15(2)11(9)13-7-12-10/h6-8,16H,3-5H2,1-2H3. The first-order valence-corrected chi connectivity index (χ1v) is 5.52. The van der Waals surface area contributed by atoms with E-state index in [0.717, 1.165) is 29.6 Å². The Hall–Kier alpha value is -1.49. The van der Waals surface area contributed by atoms with Gasteiger partial charge in [0, 0.05) is 13.5 Å². The first kappa shape index (κ1) is 11.0. The second-order valence-corrected chi connectivity index (χ2v) is 3.97. The number of aryl methyl sites for hydroxylation is 1. The quantitative estimate of drug-likeness (QED) is 0.837. The van der Waals surface area contributed by atoms with E-state index in [9.17, 15) is 5.11 Å². The van der Waals surface area contributed by atoms with Crippen LogP contribution in [0.5, 0.6) is 0 Å². The third-order valence-corrected chi connectivity index (χ3v) is 2.66. The van der Waals surface area contributed by atoms with Crippen LogP contribution in [0.3, 0.4) is 0 Å². The molecular formula is C11H16N4O. The van der Waals surface area contributed by atoms with Crippen molar-refractivity contribution in [1.29, 1.82) is 0 Å². The van der Waals surface area contributed by atoms with Gasteiger partial charge in [-0.05, 0) is 6.42 Å². The fourth-order valence-corrected chi connectivity index (χ4v) is 1.83. The highest BCUT2D eigenvalue weighted by Gasteiger charge is 2.11. The van der Waals surface area contributed by atoms with Gasteiger partial charge in [0.1, 0.15) is 6.33 Å². The van der Waals surface area contributed by atoms with Crippen molar-refractivity contribution in [3.8, 4) is 0 Å². The molecule has 0 aliphatic heterocycles. The molecule has 1 atom stereocenters. The molecular weight excluding hydrogens is 204 g/mol. The van der Waals surface area contributed by atoms with Gasteiger partial charge in [0.25, 0.3) is 0 Å². The number of fused-ring (bicyclic) bond motifs is 1. The molecule has 0 saturated carbocycles. The first-order valence-electron chi connectivity index (χ1n) is 5.52. The highest BCUT2D eigenvalue weighted by Crippen LogP contribution is 2.15. The lowest BCUT2D eigenvalue weighted by Gasteiger charge is -2.08. The van der Waals surface area contributed by atoms with Crippen LogP contribution < -0.4 is 0 Å². The normalized spacial score (nSPS) is 13.2. The van der Waals surface area contributed by atoms with Crippen LogP contribution in [-0.4, -0.2) is 31.0 Å². The van der Waals surface area contributed by atoms with Crippen molar-refractivity contribution in [3.05, 3.63) is 18.2 Å². The van der Waals surface area contributed by atoms with Crippen molar-refractivity contribution in [2.75, 3.05) is 0 Å². The van der Waals surface area contributed by atoms with Gasteiger partial charge in [-0.1, -0.05) is 13.3 Å². The smallest absolute Gasteiger partial charge is 0.161 e. The number of aliphatic hydroxyl groups is 1. The number of aromatic nitrogens is 4. The Bertz CT molecular complexity index is 480. The Morgan fingerprint density at radius 1 is 1.44 bits per heavy atom. The molecule has 0 aliphatic carbocycles. The predicted molar refractivity (Wildman–Crippen MR) is 60.9 cm³/mol. The molecule has 16 heavy (non-hydrogen) atoms. The second-order valence-electron chi connectivity index (χ2n) is 3.97. The predicted octanol–water partition coefficient (Wildman–Crippen LogP) is 1.07. The van der Waals surface area contributed by atoms with Crippen LogP contribution in [0, 0.1) is 0 Å². The Morgan fingerprint density at radius 2 is 2.25 bits per heavy atom. The first-order chi connectivity index (χ1) is 7.72. The maximum Gasteiger partial charge on any atom is 0.161 e. The highest BCUT2D eigenvalue weighted by molar-refractivity contribution is 5.76. The molecule has 0 radical (unpaired) electrons. The summed E-state index contributed by atoms with van der Waals surface area (Å²) in [5, 5.41) is 14.9. The van der Waals surface area contributed by atoms with Crippen LogP contribution in [0.25, 0.3) is 11.0 Å². The van der Waals surface area contributed by atoms with Gasteiger partial charge in [-0.15, -0.1) is 0 Å². The lowest BCUT2D eigenvalue weighted by molar-refractivity contribution is 0.163. The van der Waals surface area contributed by atoms with Gasteiger partial charge >= 0.3 is 0 Å². The summed E-state index contributed by atoms with van der Waals surface area (Å²) in [6.45, 7) is 2.06. The largest absolute Gasteiger partial charge is 0.393 e. The third-order valence-electron chi connectivity index (χ3n) is 2.66. The summed E-state index contributed by atoms with van der Waals surface area (Å²) in [5.41, 5.74) is 1.69. The van der Waals surface area contributed by atoms with Gasteiger partial charge in [-0.3, -0.25) is 4.68 Å². The summed E-state index contributed by atoms with van der Waals surface area (Å²) in [4.78, 5) is 8.38. The zero-order valence-corrected chi connectivity index (χ0v) is 9.59. The fraction of sp³-hybridized carbons (Fsp3) is 0.545. The Morgan fingerprint density at radius 3 is 3.00 bits per heavy atom. The van der Waals surface area contributed by atoms with E-state index in [2.05, 4.69) is 22.0 Å². The van der Waals surface area contributed by atoms with Gasteiger partial charge in [0.05, 0.1) is 23.4 Å². The maximum atomic E-state index is 9.78. The van der Waals surface area contributed by atoms with E-state index in [-0.39, 0.29) is 6.10 Å². The van der Waals surface area contributed by atoms with Crippen molar-refractivity contribution < 1.29 is 5.11 Å². The van der Waals surface area contributed by atoms with Crippen LogP contribution in [0.2, 0.25) is 0 Å². The lowest BCUT2D eigenvalue weighted by atomic mass is 10.1. The van der Waals surface area contributed by atoms with Crippen molar-refractivity contribution >= 4 is 11.0 Å². The molecule has 0 fully saturated rings. The minimum absolute atomic E-state index is 0.330. The monoisotopic (exact) mass is 220 g/mol. The molecule has 1 N–H and O–H groups in total. The number of nitrogens with zero attached hydrogens (tertiary/aromatic N) is 4. The minimum Gasteiger partial charge on any atom is -0.393 e. The maximum absolute atomic E-state index is 9.78. The third kappa shape index (κ3) is 2.04. The van der Waals surface area contributed by atoms with Crippen LogP contribution in [0.15, 0.2) is 12.5 Å². The van der Waals surface area contributed by atoms with Crippen molar-refractivity contribution in [2.45, 2.75) is 32.3 Å². The topological polar surface area (TPSA) is 63.8 Å². The summed E-state index contributed by atoms with van der Waals surface area (Å²) in [6, 6.07) is 0. The van der Waals surface area contributed by atoms with E-state index >= 15 is 0 Å². The van der Waals surface area contributed by atoms with Crippen LogP contribution in [0.4, 0.5) is 0 Å². The number of rotatable bonds is 4. The van der Waals surface area contributed by atoms with Crippen molar-refractivity contribution in [1.82, 2.24) is 19.7 Å². The average Bonchev–Trinajstić information content (AvgIpc) is 2.62. The SMILES string of the molecule is CCCC(O)Cc1ncnc2c1cnn2C. The van der Waals surface area contributed by atoms with E-state index in [1.807, 2.05) is 7.05 Å². The van der Waals surface area contributed by atoms with Crippen LogP contribution in [-0.2, 0) is 13.5 Å². The van der Waals surface area contributed by atoms with E-state index in [1.54, 1.807) is 10.9 Å². The molecule has 0 amide bonds. The van der Waals surface area contributed by atoms with Crippen LogP contribution >= 0.6 is 0 Å². The molecule has 5 nitrogen and oxygen atoms in total. The van der Waals surface area contributed by atoms with E-state index < -0.39 is 0 Å². The van der Waals surface area contributed by atoms with E-state index in [4.69, 9.17) is 0 Å². The van der Waals surface area contributed by atoms with Gasteiger partial charge in [-0.2, -0.15) is 5.10 Å². The summed E-state index contributed by atoms with van der Waals surface area (Å²) < 4.78 is 1.71. The second kappa shape index (κ2) is 4.57. The van der Waals surface area contributed by atoms with Crippen molar-refractivity contribution in [2.24, 2.45) is 7.05 Å². The molecule has 0 bridgehead atoms. The molecule has 2 aromatic heterocycles. The van der Waals surface area contributed by atoms with E-state index in [1.165, 1.54) is 6.33 Å². The Labute approximate surface area is 94.1 Å². The summed E-state index contributed by atoms with van der Waals surface area (Å²) in [7, 11) is 1.85. The van der Waals surface area contributed by atoms with Gasteiger partial charge < -0.3 is 5.11 Å².